The van der Waals surface area contributed by atoms with Crippen molar-refractivity contribution in [3.05, 3.63) is 47.8 Å². The van der Waals surface area contributed by atoms with Crippen LogP contribution in [0.3, 0.4) is 0 Å². The van der Waals surface area contributed by atoms with E-state index in [1.165, 1.54) is 25.3 Å². The normalized spacial score (nSPS) is 10.7. The number of imidazole rings is 1. The number of aromatic nitrogens is 2. The van der Waals surface area contributed by atoms with E-state index in [9.17, 15) is 9.18 Å². The minimum absolute atomic E-state index is 0.275. The van der Waals surface area contributed by atoms with E-state index < -0.39 is 11.8 Å². The molecule has 1 aromatic heterocycles. The van der Waals surface area contributed by atoms with Gasteiger partial charge < -0.3 is 14.6 Å². The molecule has 0 aliphatic heterocycles. The molecule has 0 saturated heterocycles. The minimum Gasteiger partial charge on any atom is -0.465 e. The van der Waals surface area contributed by atoms with Crippen LogP contribution in [0.4, 0.5) is 10.1 Å². The van der Waals surface area contributed by atoms with Crippen LogP contribution in [-0.4, -0.2) is 22.6 Å². The van der Waals surface area contributed by atoms with E-state index in [4.69, 9.17) is 4.74 Å². The number of hydrogen-bond donors (Lipinski definition) is 1. The zero-order valence-electron chi connectivity index (χ0n) is 12.3. The molecule has 2 aromatic rings. The Morgan fingerprint density at radius 2 is 2.24 bits per heavy atom. The number of carbonyl (C=O) groups is 1. The second kappa shape index (κ2) is 6.39. The van der Waals surface area contributed by atoms with Gasteiger partial charge in [0, 0.05) is 12.2 Å². The average Bonchev–Trinajstić information content (AvgIpc) is 2.93. The van der Waals surface area contributed by atoms with Crippen molar-refractivity contribution in [1.29, 1.82) is 0 Å². The first-order valence-corrected chi connectivity index (χ1v) is 6.65. The second-order valence-corrected chi connectivity index (χ2v) is 4.92. The van der Waals surface area contributed by atoms with Crippen molar-refractivity contribution in [2.24, 2.45) is 0 Å². The largest absolute Gasteiger partial charge is 0.465 e. The number of benzene rings is 1. The molecule has 1 aromatic carbocycles. The lowest BCUT2D eigenvalue weighted by molar-refractivity contribution is 0.0601. The lowest BCUT2D eigenvalue weighted by Crippen LogP contribution is -2.12. The van der Waals surface area contributed by atoms with Crippen molar-refractivity contribution in [1.82, 2.24) is 9.55 Å². The van der Waals surface area contributed by atoms with Crippen molar-refractivity contribution in [2.75, 3.05) is 12.4 Å². The number of nitrogens with zero attached hydrogens (tertiary/aromatic N) is 2. The van der Waals surface area contributed by atoms with E-state index >= 15 is 0 Å². The summed E-state index contributed by atoms with van der Waals surface area (Å²) in [5.41, 5.74) is 1.65. The number of esters is 1. The van der Waals surface area contributed by atoms with E-state index in [0.29, 0.717) is 17.8 Å². The average molecular weight is 291 g/mol. The van der Waals surface area contributed by atoms with Gasteiger partial charge in [0.15, 0.2) is 0 Å². The van der Waals surface area contributed by atoms with Gasteiger partial charge >= 0.3 is 5.97 Å². The summed E-state index contributed by atoms with van der Waals surface area (Å²) < 4.78 is 20.1. The van der Waals surface area contributed by atoms with Gasteiger partial charge in [0.1, 0.15) is 5.82 Å². The van der Waals surface area contributed by atoms with Gasteiger partial charge in [-0.3, -0.25) is 0 Å². The Morgan fingerprint density at radius 3 is 2.90 bits per heavy atom. The summed E-state index contributed by atoms with van der Waals surface area (Å²) in [5.74, 6) is -0.919. The Hall–Kier alpha value is -2.37. The van der Waals surface area contributed by atoms with Crippen LogP contribution in [0, 0.1) is 5.82 Å². The number of methoxy groups -OCH3 is 1. The number of rotatable bonds is 5. The Bertz CT molecular complexity index is 638. The molecule has 5 nitrogen and oxygen atoms in total. The summed E-state index contributed by atoms with van der Waals surface area (Å²) >= 11 is 0. The summed E-state index contributed by atoms with van der Waals surface area (Å²) in [4.78, 5) is 15.8. The van der Waals surface area contributed by atoms with Gasteiger partial charge in [0.05, 0.1) is 36.9 Å². The quantitative estimate of drug-likeness (QED) is 0.860. The van der Waals surface area contributed by atoms with Crippen molar-refractivity contribution < 1.29 is 13.9 Å². The topological polar surface area (TPSA) is 56.1 Å². The molecule has 2 rings (SSSR count). The molecular formula is C15H18FN3O2. The minimum atomic E-state index is -0.505. The Morgan fingerprint density at radius 1 is 1.48 bits per heavy atom. The Balaban J connectivity index is 2.21. The Labute approximate surface area is 122 Å². The third kappa shape index (κ3) is 3.39. The van der Waals surface area contributed by atoms with Crippen LogP contribution < -0.4 is 5.32 Å². The van der Waals surface area contributed by atoms with Crippen molar-refractivity contribution >= 4 is 11.7 Å². The highest BCUT2D eigenvalue weighted by Crippen LogP contribution is 2.20. The highest BCUT2D eigenvalue weighted by Gasteiger charge is 2.13. The molecule has 112 valence electrons. The van der Waals surface area contributed by atoms with Crippen LogP contribution in [0.15, 0.2) is 30.7 Å². The van der Waals surface area contributed by atoms with Gasteiger partial charge in [-0.15, -0.1) is 0 Å². The molecule has 0 spiro atoms. The number of halogens is 1. The highest BCUT2D eigenvalue weighted by molar-refractivity contribution is 5.95. The summed E-state index contributed by atoms with van der Waals surface area (Å²) in [6, 6.07) is 4.19. The smallest absolute Gasteiger partial charge is 0.339 e. The van der Waals surface area contributed by atoms with Gasteiger partial charge in [-0.1, -0.05) is 0 Å². The molecule has 0 unspecified atom stereocenters. The number of nitrogens with one attached hydrogen (secondary N) is 1. The summed E-state index contributed by atoms with van der Waals surface area (Å²) in [7, 11) is 1.29. The van der Waals surface area contributed by atoms with Gasteiger partial charge in [-0.2, -0.15) is 0 Å². The third-order valence-corrected chi connectivity index (χ3v) is 3.15. The van der Waals surface area contributed by atoms with E-state index in [2.05, 4.69) is 10.3 Å². The molecule has 0 amide bonds. The zero-order chi connectivity index (χ0) is 15.4. The van der Waals surface area contributed by atoms with Crippen molar-refractivity contribution in [3.63, 3.8) is 0 Å². The second-order valence-electron chi connectivity index (χ2n) is 4.92. The molecule has 0 fully saturated rings. The molecule has 1 N–H and O–H groups in total. The van der Waals surface area contributed by atoms with Gasteiger partial charge in [-0.25, -0.2) is 14.2 Å². The van der Waals surface area contributed by atoms with Crippen LogP contribution in [-0.2, 0) is 11.3 Å². The SMILES string of the molecule is COC(=O)c1ccc(F)cc1NCc1cncn1C(C)C. The molecule has 0 atom stereocenters. The van der Waals surface area contributed by atoms with E-state index in [1.807, 2.05) is 18.4 Å². The summed E-state index contributed by atoms with van der Waals surface area (Å²) in [6.45, 7) is 4.53. The number of hydrogen-bond acceptors (Lipinski definition) is 4. The first-order chi connectivity index (χ1) is 10.0. The van der Waals surface area contributed by atoms with Crippen LogP contribution in [0.25, 0.3) is 0 Å². The van der Waals surface area contributed by atoms with E-state index in [-0.39, 0.29) is 6.04 Å². The van der Waals surface area contributed by atoms with Gasteiger partial charge in [0.25, 0.3) is 0 Å². The van der Waals surface area contributed by atoms with Crippen LogP contribution in [0.5, 0.6) is 0 Å². The summed E-state index contributed by atoms with van der Waals surface area (Å²) in [6.07, 6.45) is 3.48. The molecule has 0 aliphatic rings. The first kappa shape index (κ1) is 15.0. The first-order valence-electron chi connectivity index (χ1n) is 6.65. The van der Waals surface area contributed by atoms with Crippen molar-refractivity contribution in [2.45, 2.75) is 26.4 Å². The fourth-order valence-corrected chi connectivity index (χ4v) is 2.07. The predicted octanol–water partition coefficient (Wildman–Crippen LogP) is 3.00. The van der Waals surface area contributed by atoms with Crippen LogP contribution >= 0.6 is 0 Å². The number of carbonyl (C=O) groups excluding carboxylic acids is 1. The molecule has 6 heteroatoms. The van der Waals surface area contributed by atoms with E-state index in [0.717, 1.165) is 5.69 Å². The summed E-state index contributed by atoms with van der Waals surface area (Å²) in [5, 5.41) is 3.07. The zero-order valence-corrected chi connectivity index (χ0v) is 12.3. The monoisotopic (exact) mass is 291 g/mol. The highest BCUT2D eigenvalue weighted by atomic mass is 19.1. The molecule has 0 saturated carbocycles. The fraction of sp³-hybridized carbons (Fsp3) is 0.333. The fourth-order valence-electron chi connectivity index (χ4n) is 2.07. The van der Waals surface area contributed by atoms with Crippen LogP contribution in [0.1, 0.15) is 35.9 Å². The molecular weight excluding hydrogens is 273 g/mol. The maximum absolute atomic E-state index is 13.4. The number of ether oxygens (including phenoxy) is 1. The molecule has 0 bridgehead atoms. The maximum Gasteiger partial charge on any atom is 0.339 e. The van der Waals surface area contributed by atoms with Gasteiger partial charge in [0.2, 0.25) is 0 Å². The molecule has 21 heavy (non-hydrogen) atoms. The lowest BCUT2D eigenvalue weighted by atomic mass is 10.1. The Kier molecular flexibility index (Phi) is 4.57. The number of anilines is 1. The molecule has 1 heterocycles. The maximum atomic E-state index is 13.4. The third-order valence-electron chi connectivity index (χ3n) is 3.15. The van der Waals surface area contributed by atoms with Crippen LogP contribution in [0.2, 0.25) is 0 Å². The van der Waals surface area contributed by atoms with Crippen molar-refractivity contribution in [3.8, 4) is 0 Å². The predicted molar refractivity (Wildman–Crippen MR) is 77.7 cm³/mol. The standard InChI is InChI=1S/C15H18FN3O2/c1-10(2)19-9-17-7-12(19)8-18-14-6-11(16)4-5-13(14)15(20)21-3/h4-7,9-10,18H,8H2,1-3H3. The van der Waals surface area contributed by atoms with Gasteiger partial charge in [-0.05, 0) is 32.0 Å². The molecule has 0 aliphatic carbocycles. The molecule has 0 radical (unpaired) electrons. The van der Waals surface area contributed by atoms with E-state index in [1.54, 1.807) is 12.5 Å². The lowest BCUT2D eigenvalue weighted by Gasteiger charge is -2.14.